The third kappa shape index (κ3) is 2.87. The van der Waals surface area contributed by atoms with Crippen molar-refractivity contribution in [3.8, 4) is 5.69 Å². The first-order chi connectivity index (χ1) is 8.50. The van der Waals surface area contributed by atoms with Gasteiger partial charge in [0.25, 0.3) is 0 Å². The lowest BCUT2D eigenvalue weighted by molar-refractivity contribution is -0.141. The Morgan fingerprint density at radius 3 is 2.78 bits per heavy atom. The van der Waals surface area contributed by atoms with Crippen LogP contribution in [0, 0.1) is 6.07 Å². The molecular formula is C12H10F3N2S. The second-order valence-electron chi connectivity index (χ2n) is 3.49. The van der Waals surface area contributed by atoms with E-state index in [-0.39, 0.29) is 0 Å². The van der Waals surface area contributed by atoms with Gasteiger partial charge < -0.3 is 0 Å². The highest BCUT2D eigenvalue weighted by atomic mass is 32.2. The minimum absolute atomic E-state index is 0.597. The predicted molar refractivity (Wildman–Crippen MR) is 63.8 cm³/mol. The number of benzene rings is 1. The van der Waals surface area contributed by atoms with E-state index in [0.29, 0.717) is 5.69 Å². The van der Waals surface area contributed by atoms with Crippen LogP contribution >= 0.6 is 11.8 Å². The van der Waals surface area contributed by atoms with Gasteiger partial charge in [-0.2, -0.15) is 18.3 Å². The molecule has 0 fully saturated rings. The molecule has 1 aromatic heterocycles. The normalized spacial score (nSPS) is 11.8. The zero-order valence-corrected chi connectivity index (χ0v) is 10.3. The summed E-state index contributed by atoms with van der Waals surface area (Å²) in [6, 6.07) is 9.10. The molecule has 0 saturated carbocycles. The predicted octanol–water partition coefficient (Wildman–Crippen LogP) is 3.80. The van der Waals surface area contributed by atoms with Gasteiger partial charge in [-0.25, -0.2) is 4.68 Å². The summed E-state index contributed by atoms with van der Waals surface area (Å²) in [7, 11) is 0. The van der Waals surface area contributed by atoms with E-state index in [1.165, 1.54) is 10.9 Å². The summed E-state index contributed by atoms with van der Waals surface area (Å²) in [5.41, 5.74) is -0.291. The number of nitrogens with zero attached hydrogens (tertiary/aromatic N) is 2. The Morgan fingerprint density at radius 1 is 1.39 bits per heavy atom. The average Bonchev–Trinajstić information content (AvgIpc) is 2.78. The van der Waals surface area contributed by atoms with E-state index >= 15 is 0 Å². The van der Waals surface area contributed by atoms with Gasteiger partial charge in [-0.05, 0) is 30.0 Å². The maximum absolute atomic E-state index is 12.4. The number of alkyl halides is 3. The summed E-state index contributed by atoms with van der Waals surface area (Å²) in [5, 5.41) is 3.52. The Bertz CT molecular complexity index is 534. The van der Waals surface area contributed by atoms with Crippen LogP contribution in [-0.2, 0) is 6.18 Å². The van der Waals surface area contributed by atoms with E-state index in [4.69, 9.17) is 0 Å². The second-order valence-corrected chi connectivity index (χ2v) is 4.79. The molecule has 2 aromatic rings. The van der Waals surface area contributed by atoms with Gasteiger partial charge in [-0.3, -0.25) is 0 Å². The summed E-state index contributed by atoms with van der Waals surface area (Å²) >= 11 is 1.58. The smallest absolute Gasteiger partial charge is 0.240 e. The van der Waals surface area contributed by atoms with Crippen molar-refractivity contribution in [3.05, 3.63) is 42.2 Å². The number of hydrogen-bond donors (Lipinski definition) is 0. The minimum Gasteiger partial charge on any atom is -0.240 e. The van der Waals surface area contributed by atoms with Gasteiger partial charge in [0, 0.05) is 11.1 Å². The molecule has 6 heteroatoms. The minimum atomic E-state index is -4.41. The molecule has 1 heterocycles. The van der Waals surface area contributed by atoms with E-state index in [2.05, 4.69) is 11.2 Å². The summed E-state index contributed by atoms with van der Waals surface area (Å²) in [6.45, 7) is 2.00. The topological polar surface area (TPSA) is 17.8 Å². The Balaban J connectivity index is 2.31. The van der Waals surface area contributed by atoms with Crippen LogP contribution < -0.4 is 0 Å². The van der Waals surface area contributed by atoms with Crippen molar-refractivity contribution in [2.24, 2.45) is 0 Å². The molecular weight excluding hydrogens is 261 g/mol. The maximum atomic E-state index is 12.4. The lowest BCUT2D eigenvalue weighted by atomic mass is 10.3. The molecule has 0 N–H and O–H groups in total. The largest absolute Gasteiger partial charge is 0.435 e. The quantitative estimate of drug-likeness (QED) is 0.790. The van der Waals surface area contributed by atoms with Crippen LogP contribution in [0.5, 0.6) is 0 Å². The highest BCUT2D eigenvalue weighted by molar-refractivity contribution is 7.99. The maximum Gasteiger partial charge on any atom is 0.435 e. The molecule has 2 rings (SSSR count). The van der Waals surface area contributed by atoms with Crippen LogP contribution in [0.15, 0.2) is 35.4 Å². The van der Waals surface area contributed by atoms with Gasteiger partial charge in [-0.15, -0.1) is 11.8 Å². The summed E-state index contributed by atoms with van der Waals surface area (Å²) in [6.07, 6.45) is -3.11. The van der Waals surface area contributed by atoms with Crippen LogP contribution in [0.4, 0.5) is 13.2 Å². The van der Waals surface area contributed by atoms with Crippen molar-refractivity contribution in [1.82, 2.24) is 9.78 Å². The van der Waals surface area contributed by atoms with Crippen LogP contribution in [0.1, 0.15) is 12.6 Å². The van der Waals surface area contributed by atoms with Crippen molar-refractivity contribution >= 4 is 11.8 Å². The first kappa shape index (κ1) is 13.0. The number of rotatable bonds is 3. The highest BCUT2D eigenvalue weighted by Gasteiger charge is 2.33. The molecule has 0 aliphatic carbocycles. The number of thioether (sulfide) groups is 1. The zero-order valence-electron chi connectivity index (χ0n) is 9.53. The van der Waals surface area contributed by atoms with Gasteiger partial charge in [0.1, 0.15) is 0 Å². The van der Waals surface area contributed by atoms with Crippen molar-refractivity contribution < 1.29 is 13.2 Å². The monoisotopic (exact) mass is 271 g/mol. The fraction of sp³-hybridized carbons (Fsp3) is 0.250. The Morgan fingerprint density at radius 2 is 2.17 bits per heavy atom. The van der Waals surface area contributed by atoms with Crippen LogP contribution in [0.3, 0.4) is 0 Å². The van der Waals surface area contributed by atoms with Crippen LogP contribution in [0.2, 0.25) is 0 Å². The van der Waals surface area contributed by atoms with Gasteiger partial charge >= 0.3 is 6.18 Å². The number of hydrogen-bond acceptors (Lipinski definition) is 2. The SMILES string of the molecule is CCSc1[c]ccc(-n2ccc(C(F)(F)F)n2)c1. The molecule has 0 spiro atoms. The molecule has 2 nitrogen and oxygen atoms in total. The summed E-state index contributed by atoms with van der Waals surface area (Å²) < 4.78 is 38.5. The molecule has 0 bridgehead atoms. The molecule has 0 aliphatic heterocycles. The Hall–Kier alpha value is -1.43. The third-order valence-electron chi connectivity index (χ3n) is 2.20. The van der Waals surface area contributed by atoms with Gasteiger partial charge in [0.15, 0.2) is 5.69 Å². The van der Waals surface area contributed by atoms with Crippen molar-refractivity contribution in [3.63, 3.8) is 0 Å². The fourth-order valence-corrected chi connectivity index (χ4v) is 2.10. The first-order valence-corrected chi connectivity index (χ1v) is 6.27. The zero-order chi connectivity index (χ0) is 13.2. The molecule has 0 aliphatic rings. The third-order valence-corrected chi connectivity index (χ3v) is 3.04. The van der Waals surface area contributed by atoms with Crippen molar-refractivity contribution in [2.45, 2.75) is 18.0 Å². The van der Waals surface area contributed by atoms with Gasteiger partial charge in [0.05, 0.1) is 5.69 Å². The Kier molecular flexibility index (Phi) is 3.65. The summed E-state index contributed by atoms with van der Waals surface area (Å²) in [4.78, 5) is 0.888. The van der Waals surface area contributed by atoms with Crippen molar-refractivity contribution in [2.75, 3.05) is 5.75 Å². The first-order valence-electron chi connectivity index (χ1n) is 5.28. The molecule has 1 radical (unpaired) electrons. The number of aromatic nitrogens is 2. The highest BCUT2D eigenvalue weighted by Crippen LogP contribution is 2.28. The van der Waals surface area contributed by atoms with Crippen LogP contribution in [-0.4, -0.2) is 15.5 Å². The molecule has 0 amide bonds. The van der Waals surface area contributed by atoms with E-state index in [1.54, 1.807) is 30.0 Å². The molecule has 0 atom stereocenters. The van der Waals surface area contributed by atoms with E-state index in [0.717, 1.165) is 16.7 Å². The average molecular weight is 271 g/mol. The van der Waals surface area contributed by atoms with Crippen molar-refractivity contribution in [1.29, 1.82) is 0 Å². The summed E-state index contributed by atoms with van der Waals surface area (Å²) in [5.74, 6) is 0.882. The molecule has 18 heavy (non-hydrogen) atoms. The number of halogens is 3. The fourth-order valence-electron chi connectivity index (χ4n) is 1.43. The molecule has 0 unspecified atom stereocenters. The van der Waals surface area contributed by atoms with Crippen LogP contribution in [0.25, 0.3) is 5.69 Å². The van der Waals surface area contributed by atoms with Gasteiger partial charge in [-0.1, -0.05) is 13.0 Å². The molecule has 0 saturated heterocycles. The molecule has 1 aromatic carbocycles. The van der Waals surface area contributed by atoms with E-state index < -0.39 is 11.9 Å². The van der Waals surface area contributed by atoms with E-state index in [1.807, 2.05) is 6.92 Å². The van der Waals surface area contributed by atoms with E-state index in [9.17, 15) is 13.2 Å². The lowest BCUT2D eigenvalue weighted by Crippen LogP contribution is -2.07. The molecule has 95 valence electrons. The standard InChI is InChI=1S/C12H10F3N2S/c1-2-18-10-5-3-4-9(8-10)17-7-6-11(16-17)12(13,14)15/h3-4,6-8H,2H2,1H3. The second kappa shape index (κ2) is 5.06. The van der Waals surface area contributed by atoms with Gasteiger partial charge in [0.2, 0.25) is 0 Å². The Labute approximate surface area is 107 Å². The lowest BCUT2D eigenvalue weighted by Gasteiger charge is -2.04.